The Morgan fingerprint density at radius 2 is 1.79 bits per heavy atom. The highest BCUT2D eigenvalue weighted by molar-refractivity contribution is 7.99. The van der Waals surface area contributed by atoms with Crippen molar-refractivity contribution in [2.45, 2.75) is 9.79 Å². The minimum absolute atomic E-state index is 0.0179. The first-order chi connectivity index (χ1) is 13.4. The summed E-state index contributed by atoms with van der Waals surface area (Å²) in [6.07, 6.45) is 0. The summed E-state index contributed by atoms with van der Waals surface area (Å²) in [6, 6.07) is 9.72. The van der Waals surface area contributed by atoms with E-state index in [0.29, 0.717) is 41.7 Å². The molecule has 1 fully saturated rings. The van der Waals surface area contributed by atoms with Crippen molar-refractivity contribution in [2.75, 3.05) is 26.3 Å². The van der Waals surface area contributed by atoms with Gasteiger partial charge in [0.25, 0.3) is 11.6 Å². The topological polar surface area (TPSA) is 72.7 Å². The number of ether oxygens (including phenoxy) is 1. The van der Waals surface area contributed by atoms with Gasteiger partial charge in [-0.2, -0.15) is 0 Å². The molecule has 3 rings (SSSR count). The molecule has 28 heavy (non-hydrogen) atoms. The zero-order valence-corrected chi connectivity index (χ0v) is 17.0. The normalized spacial score (nSPS) is 14.0. The molecule has 0 atom stereocenters. The van der Waals surface area contributed by atoms with Crippen LogP contribution in [0, 0.1) is 10.1 Å². The lowest BCUT2D eigenvalue weighted by Gasteiger charge is -2.27. The minimum atomic E-state index is -0.449. The van der Waals surface area contributed by atoms with Crippen molar-refractivity contribution in [1.82, 2.24) is 4.90 Å². The van der Waals surface area contributed by atoms with Crippen LogP contribution in [0.3, 0.4) is 0 Å². The highest BCUT2D eigenvalue weighted by Gasteiger charge is 2.24. The second-order valence-electron chi connectivity index (χ2n) is 5.95. The Bertz CT molecular complexity index is 946. The summed E-state index contributed by atoms with van der Waals surface area (Å²) >= 11 is 14.0. The lowest BCUT2D eigenvalue weighted by molar-refractivity contribution is -0.387. The molecule has 2 aromatic carbocycles. The second kappa shape index (κ2) is 8.96. The summed E-state index contributed by atoms with van der Waals surface area (Å²) in [5.41, 5.74) is 0.668. The number of morpholine rings is 1. The van der Waals surface area contributed by atoms with Gasteiger partial charge in [0.1, 0.15) is 0 Å². The maximum absolute atomic E-state index is 12.6. The molecule has 6 nitrogen and oxygen atoms in total. The van der Waals surface area contributed by atoms with Gasteiger partial charge in [0, 0.05) is 35.2 Å². The molecule has 146 valence electrons. The highest BCUT2D eigenvalue weighted by atomic mass is 35.5. The number of benzene rings is 2. The number of carbonyl (C=O) groups is 1. The standard InChI is InChI=1S/C19H16Cl2N2O4S/c1-12(19(24)22-8-10-27-11-9-22)13-6-7-16(18(21)17(13)20)28-15-5-3-2-4-14(15)23(25)26/h2-7H,1,8-11H2. The average molecular weight is 439 g/mol. The fourth-order valence-corrected chi connectivity index (χ4v) is 4.30. The predicted molar refractivity (Wildman–Crippen MR) is 110 cm³/mol. The van der Waals surface area contributed by atoms with Gasteiger partial charge in [0.2, 0.25) is 0 Å². The Labute approximate surface area is 176 Å². The number of nitro benzene ring substituents is 1. The van der Waals surface area contributed by atoms with Crippen molar-refractivity contribution in [2.24, 2.45) is 0 Å². The second-order valence-corrected chi connectivity index (χ2v) is 7.79. The number of halogens is 2. The molecule has 0 bridgehead atoms. The maximum atomic E-state index is 12.6. The van der Waals surface area contributed by atoms with Gasteiger partial charge >= 0.3 is 0 Å². The molecule has 0 saturated carbocycles. The minimum Gasteiger partial charge on any atom is -0.378 e. The molecule has 1 heterocycles. The lowest BCUT2D eigenvalue weighted by Crippen LogP contribution is -2.40. The number of hydrogen-bond acceptors (Lipinski definition) is 5. The zero-order chi connectivity index (χ0) is 20.3. The van der Waals surface area contributed by atoms with Crippen molar-refractivity contribution in [1.29, 1.82) is 0 Å². The Morgan fingerprint density at radius 3 is 2.46 bits per heavy atom. The van der Waals surface area contributed by atoms with Crippen molar-refractivity contribution >= 4 is 52.1 Å². The summed E-state index contributed by atoms with van der Waals surface area (Å²) < 4.78 is 5.26. The molecule has 9 heteroatoms. The molecule has 0 N–H and O–H groups in total. The summed E-state index contributed by atoms with van der Waals surface area (Å²) in [5.74, 6) is -0.222. The molecule has 1 saturated heterocycles. The van der Waals surface area contributed by atoms with Crippen LogP contribution in [0.1, 0.15) is 5.56 Å². The van der Waals surface area contributed by atoms with Crippen LogP contribution in [-0.2, 0) is 9.53 Å². The van der Waals surface area contributed by atoms with E-state index < -0.39 is 4.92 Å². The summed E-state index contributed by atoms with van der Waals surface area (Å²) in [5, 5.41) is 11.6. The van der Waals surface area contributed by atoms with Crippen LogP contribution in [0.4, 0.5) is 5.69 Å². The third kappa shape index (κ3) is 4.33. The van der Waals surface area contributed by atoms with Crippen LogP contribution in [0.15, 0.2) is 52.8 Å². The van der Waals surface area contributed by atoms with E-state index in [9.17, 15) is 14.9 Å². The summed E-state index contributed by atoms with van der Waals surface area (Å²) in [7, 11) is 0. The number of rotatable bonds is 5. The number of amides is 1. The SMILES string of the molecule is C=C(C(=O)N1CCOCC1)c1ccc(Sc2ccccc2[N+](=O)[O-])c(Cl)c1Cl. The van der Waals surface area contributed by atoms with Gasteiger partial charge < -0.3 is 9.64 Å². The van der Waals surface area contributed by atoms with Gasteiger partial charge in [-0.25, -0.2) is 0 Å². The number of nitrogens with zero attached hydrogens (tertiary/aromatic N) is 2. The maximum Gasteiger partial charge on any atom is 0.283 e. The van der Waals surface area contributed by atoms with Gasteiger partial charge in [-0.1, -0.05) is 59.7 Å². The zero-order valence-electron chi connectivity index (χ0n) is 14.7. The van der Waals surface area contributed by atoms with E-state index in [1.807, 2.05) is 0 Å². The number of carbonyl (C=O) groups excluding carboxylic acids is 1. The molecule has 1 aliphatic rings. The molecule has 0 unspecified atom stereocenters. The molecule has 2 aromatic rings. The molecule has 0 aromatic heterocycles. The van der Waals surface area contributed by atoms with Crippen molar-refractivity contribution in [3.63, 3.8) is 0 Å². The first-order valence-electron chi connectivity index (χ1n) is 8.35. The van der Waals surface area contributed by atoms with Crippen LogP contribution in [0.2, 0.25) is 10.0 Å². The lowest BCUT2D eigenvalue weighted by atomic mass is 10.1. The van der Waals surface area contributed by atoms with Gasteiger partial charge in [0.05, 0.1) is 33.1 Å². The largest absolute Gasteiger partial charge is 0.378 e. The Hall–Kier alpha value is -2.06. The average Bonchev–Trinajstić information content (AvgIpc) is 2.71. The van der Waals surface area contributed by atoms with Gasteiger partial charge in [-0.15, -0.1) is 0 Å². The fourth-order valence-electron chi connectivity index (χ4n) is 2.73. The molecule has 0 radical (unpaired) electrons. The Balaban J connectivity index is 1.86. The van der Waals surface area contributed by atoms with E-state index in [1.165, 1.54) is 6.07 Å². The third-order valence-corrected chi connectivity index (χ3v) is 6.33. The third-order valence-electron chi connectivity index (χ3n) is 4.21. The molecule has 1 amide bonds. The van der Waals surface area contributed by atoms with Crippen molar-refractivity contribution < 1.29 is 14.5 Å². The number of hydrogen-bond donors (Lipinski definition) is 0. The molecule has 1 aliphatic heterocycles. The fraction of sp³-hybridized carbons (Fsp3) is 0.211. The van der Waals surface area contributed by atoms with E-state index in [-0.39, 0.29) is 27.2 Å². The van der Waals surface area contributed by atoms with E-state index in [2.05, 4.69) is 6.58 Å². The highest BCUT2D eigenvalue weighted by Crippen LogP contribution is 2.42. The molecule has 0 aliphatic carbocycles. The Kier molecular flexibility index (Phi) is 6.61. The van der Waals surface area contributed by atoms with E-state index in [0.717, 1.165) is 11.8 Å². The van der Waals surface area contributed by atoms with Gasteiger partial charge in [0.15, 0.2) is 0 Å². The van der Waals surface area contributed by atoms with E-state index in [4.69, 9.17) is 27.9 Å². The van der Waals surface area contributed by atoms with E-state index in [1.54, 1.807) is 35.2 Å². The monoisotopic (exact) mass is 438 g/mol. The first kappa shape index (κ1) is 20.7. The summed E-state index contributed by atoms with van der Waals surface area (Å²) in [6.45, 7) is 5.84. The quantitative estimate of drug-likeness (QED) is 0.376. The van der Waals surface area contributed by atoms with Crippen LogP contribution < -0.4 is 0 Å². The van der Waals surface area contributed by atoms with Crippen LogP contribution in [0.25, 0.3) is 5.57 Å². The van der Waals surface area contributed by atoms with Crippen LogP contribution in [-0.4, -0.2) is 42.0 Å². The van der Waals surface area contributed by atoms with Gasteiger partial charge in [-0.05, 0) is 12.1 Å². The smallest absolute Gasteiger partial charge is 0.283 e. The van der Waals surface area contributed by atoms with Crippen LogP contribution >= 0.6 is 35.0 Å². The van der Waals surface area contributed by atoms with Crippen LogP contribution in [0.5, 0.6) is 0 Å². The molecular formula is C19H16Cl2N2O4S. The molecule has 0 spiro atoms. The van der Waals surface area contributed by atoms with Crippen molar-refractivity contribution in [3.8, 4) is 0 Å². The molecular weight excluding hydrogens is 423 g/mol. The van der Waals surface area contributed by atoms with E-state index >= 15 is 0 Å². The summed E-state index contributed by atoms with van der Waals surface area (Å²) in [4.78, 5) is 26.1. The first-order valence-corrected chi connectivity index (χ1v) is 9.93. The number of para-hydroxylation sites is 1. The predicted octanol–water partition coefficient (Wildman–Crippen LogP) is 4.92. The van der Waals surface area contributed by atoms with Gasteiger partial charge in [-0.3, -0.25) is 14.9 Å². The Morgan fingerprint density at radius 1 is 1.11 bits per heavy atom. The number of nitro groups is 1. The van der Waals surface area contributed by atoms with Crippen molar-refractivity contribution in [3.05, 3.63) is 68.7 Å².